The van der Waals surface area contributed by atoms with Crippen LogP contribution in [-0.4, -0.2) is 47.3 Å². The fourth-order valence-corrected chi connectivity index (χ4v) is 18.7. The first-order valence-corrected chi connectivity index (χ1v) is 18.4. The van der Waals surface area contributed by atoms with Crippen molar-refractivity contribution in [2.24, 2.45) is 29.1 Å². The highest BCUT2D eigenvalue weighted by molar-refractivity contribution is 6.89. The molecule has 2 saturated heterocycles. The zero-order valence-corrected chi connectivity index (χ0v) is 21.9. The molecule has 0 amide bonds. The predicted octanol–water partition coefficient (Wildman–Crippen LogP) is 5.10. The maximum absolute atomic E-state index is 14.5. The van der Waals surface area contributed by atoms with Crippen molar-refractivity contribution in [1.29, 1.82) is 0 Å². The van der Waals surface area contributed by atoms with Gasteiger partial charge in [-0.25, -0.2) is 0 Å². The number of allylic oxidation sites excluding steroid dienone is 1. The molecule has 4 nitrogen and oxygen atoms in total. The Bertz CT molecular complexity index is 790. The number of rotatable bonds is 0. The maximum atomic E-state index is 14.5. The molecule has 0 spiro atoms. The third kappa shape index (κ3) is 3.19. The number of ether oxygens (including phenoxy) is 1. The lowest BCUT2D eigenvalue weighted by Gasteiger charge is -2.60. The first-order valence-electron chi connectivity index (χ1n) is 12.1. The molecule has 2 heterocycles. The molecule has 4 fully saturated rings. The molecule has 30 heavy (non-hydrogen) atoms. The van der Waals surface area contributed by atoms with Crippen molar-refractivity contribution in [3.05, 3.63) is 11.1 Å². The van der Waals surface area contributed by atoms with Crippen molar-refractivity contribution in [3.8, 4) is 0 Å². The number of Topliss-reactive ketones (excluding diaryl/α,β-unsaturated/α-hetero) is 1. The maximum Gasteiger partial charge on any atom is 0.187 e. The van der Waals surface area contributed by atoms with Crippen LogP contribution in [0.3, 0.4) is 0 Å². The summed E-state index contributed by atoms with van der Waals surface area (Å²) in [4.78, 5) is 14.5. The summed E-state index contributed by atoms with van der Waals surface area (Å²) in [5.74, 6) is 2.40. The van der Waals surface area contributed by atoms with Gasteiger partial charge in [0.1, 0.15) is 6.10 Å². The molecule has 168 valence electrons. The Kier molecular flexibility index (Phi) is 4.93. The molecule has 2 aliphatic heterocycles. The van der Waals surface area contributed by atoms with Crippen LogP contribution in [0, 0.1) is 29.1 Å². The standard InChI is InChI=1S/C24H40O4Si2/c1-14-8-16-9-17(15(14)2)22-23(25)24(3)19(10-16)18-12-26-20(18)11-21(24)27-29(4,5)13-30(6,7)28-22/h14,16,18-22H,8-13H2,1-7H3/t14-,16+,18+,19-,20-,21?,22?,24-/m0/s1. The summed E-state index contributed by atoms with van der Waals surface area (Å²) in [5, 5.41) is 0. The van der Waals surface area contributed by atoms with E-state index in [9.17, 15) is 4.79 Å². The summed E-state index contributed by atoms with van der Waals surface area (Å²) in [7, 11) is -4.02. The van der Waals surface area contributed by atoms with Gasteiger partial charge in [0.25, 0.3) is 0 Å². The Morgan fingerprint density at radius 2 is 1.73 bits per heavy atom. The van der Waals surface area contributed by atoms with Crippen LogP contribution in [0.1, 0.15) is 46.5 Å². The van der Waals surface area contributed by atoms with Gasteiger partial charge in [-0.1, -0.05) is 12.5 Å². The van der Waals surface area contributed by atoms with E-state index in [2.05, 4.69) is 47.0 Å². The van der Waals surface area contributed by atoms with Crippen LogP contribution in [-0.2, 0) is 18.4 Å². The van der Waals surface area contributed by atoms with Crippen LogP contribution in [0.25, 0.3) is 0 Å². The van der Waals surface area contributed by atoms with Gasteiger partial charge in [-0.05, 0) is 94.7 Å². The first kappa shape index (κ1) is 21.6. The molecule has 5 aliphatic rings. The van der Waals surface area contributed by atoms with Gasteiger partial charge < -0.3 is 13.6 Å². The van der Waals surface area contributed by atoms with Gasteiger partial charge in [-0.3, -0.25) is 4.79 Å². The topological polar surface area (TPSA) is 44.8 Å². The number of ketones is 1. The molecule has 3 aliphatic carbocycles. The molecular weight excluding hydrogens is 408 g/mol. The molecule has 0 radical (unpaired) electrons. The third-order valence-electron chi connectivity index (χ3n) is 9.25. The van der Waals surface area contributed by atoms with Crippen molar-refractivity contribution >= 4 is 22.4 Å². The largest absolute Gasteiger partial charge is 0.414 e. The summed E-state index contributed by atoms with van der Waals surface area (Å²) in [5.41, 5.74) is 3.34. The van der Waals surface area contributed by atoms with Gasteiger partial charge in [0.05, 0.1) is 24.2 Å². The molecule has 4 bridgehead atoms. The minimum Gasteiger partial charge on any atom is -0.414 e. The second-order valence-corrected chi connectivity index (χ2v) is 21.4. The van der Waals surface area contributed by atoms with E-state index in [1.807, 2.05) is 0 Å². The number of carbonyl (C=O) groups excluding carboxylic acids is 1. The molecule has 2 unspecified atom stereocenters. The van der Waals surface area contributed by atoms with Gasteiger partial charge in [0, 0.05) is 5.92 Å². The molecular formula is C24H40O4Si2. The highest BCUT2D eigenvalue weighted by Crippen LogP contribution is 2.58. The van der Waals surface area contributed by atoms with Crippen molar-refractivity contribution < 1.29 is 18.4 Å². The van der Waals surface area contributed by atoms with Gasteiger partial charge in [-0.15, -0.1) is 0 Å². The van der Waals surface area contributed by atoms with E-state index < -0.39 is 22.0 Å². The van der Waals surface area contributed by atoms with E-state index in [-0.39, 0.29) is 18.3 Å². The molecule has 2 saturated carbocycles. The fraction of sp³-hybridized carbons (Fsp3) is 0.875. The number of hydrogen-bond acceptors (Lipinski definition) is 4. The van der Waals surface area contributed by atoms with Crippen LogP contribution in [0.15, 0.2) is 11.1 Å². The second-order valence-electron chi connectivity index (χ2n) is 12.5. The Morgan fingerprint density at radius 3 is 2.40 bits per heavy atom. The Labute approximate surface area is 184 Å². The molecule has 0 N–H and O–H groups in total. The Hall–Kier alpha value is -0.276. The van der Waals surface area contributed by atoms with Crippen LogP contribution in [0.4, 0.5) is 0 Å². The lowest BCUT2D eigenvalue weighted by atomic mass is 9.51. The molecule has 0 aromatic heterocycles. The van der Waals surface area contributed by atoms with Gasteiger partial charge >= 0.3 is 0 Å². The van der Waals surface area contributed by atoms with E-state index in [4.69, 9.17) is 13.6 Å². The summed E-state index contributed by atoms with van der Waals surface area (Å²) < 4.78 is 20.0. The third-order valence-corrected chi connectivity index (χ3v) is 17.9. The zero-order chi connectivity index (χ0) is 21.6. The number of carbonyl (C=O) groups is 1. The first-order chi connectivity index (χ1) is 13.9. The van der Waals surface area contributed by atoms with Crippen molar-refractivity contribution in [2.45, 2.75) is 96.6 Å². The monoisotopic (exact) mass is 448 g/mol. The second kappa shape index (κ2) is 6.86. The normalized spacial score (nSPS) is 49.6. The SMILES string of the molecule is CC1=C2C[C@@H](C[C@@H]1C)C[C@H]1[C@H]3CO[C@H]3CC3O[Si](C)(C)C[Si](C)(C)OC2C(=O)[C@]31C. The van der Waals surface area contributed by atoms with Gasteiger partial charge in [0.15, 0.2) is 22.4 Å². The van der Waals surface area contributed by atoms with Crippen LogP contribution in [0.2, 0.25) is 31.9 Å². The molecule has 0 aromatic carbocycles. The van der Waals surface area contributed by atoms with E-state index in [1.54, 1.807) is 0 Å². The van der Waals surface area contributed by atoms with Gasteiger partial charge in [0.2, 0.25) is 0 Å². The molecule has 6 heteroatoms. The van der Waals surface area contributed by atoms with E-state index in [0.29, 0.717) is 29.5 Å². The average Bonchev–Trinajstić information content (AvgIpc) is 2.62. The van der Waals surface area contributed by atoms with Crippen molar-refractivity contribution in [2.75, 3.05) is 6.61 Å². The molecule has 8 atom stereocenters. The Balaban J connectivity index is 1.70. The summed E-state index contributed by atoms with van der Waals surface area (Å²) in [6, 6.07) is 0. The summed E-state index contributed by atoms with van der Waals surface area (Å²) in [6.07, 6.45) is 4.23. The van der Waals surface area contributed by atoms with E-state index in [1.165, 1.54) is 17.6 Å². The van der Waals surface area contributed by atoms with Crippen molar-refractivity contribution in [1.82, 2.24) is 0 Å². The van der Waals surface area contributed by atoms with Crippen LogP contribution in [0.5, 0.6) is 0 Å². The predicted molar refractivity (Wildman–Crippen MR) is 123 cm³/mol. The number of hydrogen-bond donors (Lipinski definition) is 0. The summed E-state index contributed by atoms with van der Waals surface area (Å²) in [6.45, 7) is 17.0. The lowest BCUT2D eigenvalue weighted by Crippen LogP contribution is -2.66. The van der Waals surface area contributed by atoms with Crippen LogP contribution < -0.4 is 0 Å². The lowest BCUT2D eigenvalue weighted by molar-refractivity contribution is -0.224. The van der Waals surface area contributed by atoms with Crippen LogP contribution >= 0.6 is 0 Å². The fourth-order valence-electron chi connectivity index (χ4n) is 7.81. The average molecular weight is 449 g/mol. The minimum atomic E-state index is -2.05. The highest BCUT2D eigenvalue weighted by atomic mass is 28.4. The minimum absolute atomic E-state index is 0.0237. The smallest absolute Gasteiger partial charge is 0.187 e. The van der Waals surface area contributed by atoms with E-state index >= 15 is 0 Å². The molecule has 5 rings (SSSR count). The zero-order valence-electron chi connectivity index (χ0n) is 19.9. The van der Waals surface area contributed by atoms with Gasteiger partial charge in [-0.2, -0.15) is 0 Å². The molecule has 0 aromatic rings. The summed E-state index contributed by atoms with van der Waals surface area (Å²) >= 11 is 0. The van der Waals surface area contributed by atoms with E-state index in [0.717, 1.165) is 31.5 Å². The highest BCUT2D eigenvalue weighted by Gasteiger charge is 2.64. The van der Waals surface area contributed by atoms with Crippen molar-refractivity contribution in [3.63, 3.8) is 0 Å². The quantitative estimate of drug-likeness (QED) is 0.382. The number of fused-ring (bicyclic) bond motifs is 6. The Morgan fingerprint density at radius 1 is 1.03 bits per heavy atom.